The van der Waals surface area contributed by atoms with Crippen molar-refractivity contribution >= 4 is 44.4 Å². The van der Waals surface area contributed by atoms with E-state index in [9.17, 15) is 0 Å². The minimum absolute atomic E-state index is 0.610. The van der Waals surface area contributed by atoms with E-state index in [2.05, 4.69) is 44.9 Å². The Balaban J connectivity index is 1.58. The Morgan fingerprint density at radius 1 is 0.583 bits per heavy atom. The zero-order chi connectivity index (χ0) is 15.7. The van der Waals surface area contributed by atoms with Crippen molar-refractivity contribution in [2.75, 3.05) is 0 Å². The molecule has 0 saturated carbocycles. The van der Waals surface area contributed by atoms with Crippen molar-refractivity contribution in [1.29, 1.82) is 0 Å². The monoisotopic (exact) mass is 315 g/mol. The summed E-state index contributed by atoms with van der Waals surface area (Å²) in [5, 5.41) is 0. The number of hydrogen-bond donors (Lipinski definition) is 4. The number of nitrogens with zero attached hydrogens (tertiary/aromatic N) is 5. The van der Waals surface area contributed by atoms with Crippen LogP contribution < -0.4 is 0 Å². The number of hydrogen-bond acceptors (Lipinski definition) is 5. The van der Waals surface area contributed by atoms with Gasteiger partial charge in [0.2, 0.25) is 0 Å². The largest absolute Gasteiger partial charge is 0.345 e. The third-order valence-corrected chi connectivity index (χ3v) is 4.11. The number of H-pyrrole nitrogens is 4. The first-order chi connectivity index (χ1) is 11.8. The van der Waals surface area contributed by atoms with Crippen LogP contribution in [0.4, 0.5) is 0 Å². The van der Waals surface area contributed by atoms with Crippen molar-refractivity contribution in [3.05, 3.63) is 30.9 Å². The summed E-state index contributed by atoms with van der Waals surface area (Å²) in [6.45, 7) is 0. The highest BCUT2D eigenvalue weighted by Crippen LogP contribution is 2.24. The van der Waals surface area contributed by atoms with E-state index in [4.69, 9.17) is 0 Å². The van der Waals surface area contributed by atoms with Gasteiger partial charge in [0, 0.05) is 0 Å². The molecule has 24 heavy (non-hydrogen) atoms. The van der Waals surface area contributed by atoms with Gasteiger partial charge in [0.05, 0.1) is 45.8 Å². The van der Waals surface area contributed by atoms with Crippen LogP contribution in [0, 0.1) is 0 Å². The van der Waals surface area contributed by atoms with Crippen LogP contribution in [0.2, 0.25) is 0 Å². The molecule has 0 radical (unpaired) electrons. The highest BCUT2D eigenvalue weighted by atomic mass is 15.1. The van der Waals surface area contributed by atoms with Gasteiger partial charge in [-0.1, -0.05) is 0 Å². The lowest BCUT2D eigenvalue weighted by molar-refractivity contribution is 1.21. The molecule has 5 aromatic heterocycles. The average molecular weight is 315 g/mol. The summed E-state index contributed by atoms with van der Waals surface area (Å²) in [5.41, 5.74) is 6.55. The van der Waals surface area contributed by atoms with Crippen molar-refractivity contribution < 1.29 is 0 Å². The zero-order valence-electron chi connectivity index (χ0n) is 12.1. The lowest BCUT2D eigenvalue weighted by Crippen LogP contribution is -1.82. The Labute approximate surface area is 132 Å². The third-order valence-electron chi connectivity index (χ3n) is 4.11. The van der Waals surface area contributed by atoms with Crippen molar-refractivity contribution in [3.8, 4) is 11.6 Å². The zero-order valence-corrected chi connectivity index (χ0v) is 12.1. The van der Waals surface area contributed by atoms with Crippen LogP contribution in [-0.4, -0.2) is 44.9 Å². The molecule has 5 heterocycles. The molecule has 6 rings (SSSR count). The second kappa shape index (κ2) is 3.96. The summed E-state index contributed by atoms with van der Waals surface area (Å²) in [5.74, 6) is 1.30. The van der Waals surface area contributed by atoms with E-state index in [1.54, 1.807) is 12.7 Å². The Morgan fingerprint density at radius 3 is 2.38 bits per heavy atom. The molecule has 9 heteroatoms. The van der Waals surface area contributed by atoms with Crippen LogP contribution in [0.1, 0.15) is 0 Å². The standard InChI is InChI=1S/C15H9N9/c1-6-7(17-4-16-6)2-9-8(1)20-14(21-9)15-22-11-3-10-12(19-5-18-10)23-13(11)24-15/h1-5H,(H,16,17)(H,20,21)(H2,18,19,22,23,24). The molecule has 1 aromatic carbocycles. The maximum Gasteiger partial charge on any atom is 0.180 e. The molecule has 6 aromatic rings. The van der Waals surface area contributed by atoms with Gasteiger partial charge in [-0.3, -0.25) is 0 Å². The van der Waals surface area contributed by atoms with E-state index in [0.29, 0.717) is 22.9 Å². The van der Waals surface area contributed by atoms with Crippen molar-refractivity contribution in [2.24, 2.45) is 0 Å². The van der Waals surface area contributed by atoms with Crippen molar-refractivity contribution in [2.45, 2.75) is 0 Å². The van der Waals surface area contributed by atoms with Gasteiger partial charge in [0.15, 0.2) is 22.9 Å². The summed E-state index contributed by atoms with van der Waals surface area (Å²) < 4.78 is 0. The number of rotatable bonds is 1. The van der Waals surface area contributed by atoms with Gasteiger partial charge in [-0.2, -0.15) is 0 Å². The number of benzene rings is 1. The van der Waals surface area contributed by atoms with Crippen molar-refractivity contribution in [1.82, 2.24) is 44.9 Å². The van der Waals surface area contributed by atoms with Crippen molar-refractivity contribution in [3.63, 3.8) is 0 Å². The molecule has 4 N–H and O–H groups in total. The van der Waals surface area contributed by atoms with E-state index < -0.39 is 0 Å². The third kappa shape index (κ3) is 1.50. The first-order valence-electron chi connectivity index (χ1n) is 7.36. The lowest BCUT2D eigenvalue weighted by atomic mass is 10.3. The molecule has 114 valence electrons. The maximum atomic E-state index is 4.61. The number of imidazole rings is 4. The quantitative estimate of drug-likeness (QED) is 0.370. The molecule has 0 aliphatic heterocycles. The number of pyridine rings is 1. The molecule has 0 fully saturated rings. The smallest absolute Gasteiger partial charge is 0.180 e. The fraction of sp³-hybridized carbons (Fsp3) is 0. The minimum atomic E-state index is 0.610. The Hall–Kier alpha value is -3.75. The van der Waals surface area contributed by atoms with E-state index >= 15 is 0 Å². The van der Waals surface area contributed by atoms with Gasteiger partial charge in [-0.25, -0.2) is 24.9 Å². The van der Waals surface area contributed by atoms with E-state index in [1.807, 2.05) is 18.2 Å². The molecule has 0 saturated heterocycles. The summed E-state index contributed by atoms with van der Waals surface area (Å²) in [7, 11) is 0. The van der Waals surface area contributed by atoms with Gasteiger partial charge >= 0.3 is 0 Å². The van der Waals surface area contributed by atoms with Crippen LogP contribution in [0.15, 0.2) is 30.9 Å². The molecule has 0 aliphatic carbocycles. The SMILES string of the molecule is c1nc2cc3nc(-c4nc5nc6nc[nH]c6cc5[nH]4)[nH]c3cc2[nH]1. The maximum absolute atomic E-state index is 4.61. The normalized spacial score (nSPS) is 12.2. The molecular weight excluding hydrogens is 306 g/mol. The van der Waals surface area contributed by atoms with Gasteiger partial charge < -0.3 is 19.9 Å². The molecule has 0 unspecified atom stereocenters. The summed E-state index contributed by atoms with van der Waals surface area (Å²) in [4.78, 5) is 34.7. The molecule has 9 nitrogen and oxygen atoms in total. The fourth-order valence-electron chi connectivity index (χ4n) is 2.96. The second-order valence-electron chi connectivity index (χ2n) is 5.59. The second-order valence-corrected chi connectivity index (χ2v) is 5.59. The summed E-state index contributed by atoms with van der Waals surface area (Å²) in [6, 6.07) is 5.87. The van der Waals surface area contributed by atoms with E-state index in [0.717, 1.165) is 33.1 Å². The van der Waals surface area contributed by atoms with Crippen LogP contribution >= 0.6 is 0 Å². The molecular formula is C15H9N9. The predicted octanol–water partition coefficient (Wildman–Crippen LogP) is 2.25. The molecule has 0 aliphatic rings. The van der Waals surface area contributed by atoms with Crippen LogP contribution in [0.5, 0.6) is 0 Å². The Morgan fingerprint density at radius 2 is 1.38 bits per heavy atom. The highest BCUT2D eigenvalue weighted by molar-refractivity contribution is 5.93. The summed E-state index contributed by atoms with van der Waals surface area (Å²) >= 11 is 0. The number of nitrogens with one attached hydrogen (secondary N) is 4. The fourth-order valence-corrected chi connectivity index (χ4v) is 2.96. The van der Waals surface area contributed by atoms with Crippen LogP contribution in [0.25, 0.3) is 56.0 Å². The van der Waals surface area contributed by atoms with Gasteiger partial charge in [0.25, 0.3) is 0 Å². The highest BCUT2D eigenvalue weighted by Gasteiger charge is 2.13. The molecule has 0 spiro atoms. The number of fused-ring (bicyclic) bond motifs is 4. The van der Waals surface area contributed by atoms with Crippen LogP contribution in [0.3, 0.4) is 0 Å². The Bertz CT molecular complexity index is 1160. The minimum Gasteiger partial charge on any atom is -0.345 e. The topological polar surface area (TPSA) is 128 Å². The number of aromatic nitrogens is 9. The van der Waals surface area contributed by atoms with E-state index in [1.165, 1.54) is 0 Å². The molecule has 0 amide bonds. The van der Waals surface area contributed by atoms with Crippen LogP contribution in [-0.2, 0) is 0 Å². The molecule has 0 atom stereocenters. The van der Waals surface area contributed by atoms with Gasteiger partial charge in [0.1, 0.15) is 0 Å². The first kappa shape index (κ1) is 11.8. The average Bonchev–Trinajstić information content (AvgIpc) is 3.33. The Kier molecular flexibility index (Phi) is 1.94. The summed E-state index contributed by atoms with van der Waals surface area (Å²) in [6.07, 6.45) is 3.29. The van der Waals surface area contributed by atoms with Gasteiger partial charge in [-0.15, -0.1) is 0 Å². The predicted molar refractivity (Wildman–Crippen MR) is 88.3 cm³/mol. The molecule has 0 bridgehead atoms. The first-order valence-corrected chi connectivity index (χ1v) is 7.36. The lowest BCUT2D eigenvalue weighted by Gasteiger charge is -1.88. The number of aromatic amines is 4. The van der Waals surface area contributed by atoms with Gasteiger partial charge in [-0.05, 0) is 18.2 Å². The van der Waals surface area contributed by atoms with E-state index in [-0.39, 0.29) is 0 Å².